The third kappa shape index (κ3) is 4.31. The summed E-state index contributed by atoms with van der Waals surface area (Å²) in [5.74, 6) is 0.118. The number of rotatable bonds is 5. The van der Waals surface area contributed by atoms with Crippen LogP contribution < -0.4 is 11.5 Å². The summed E-state index contributed by atoms with van der Waals surface area (Å²) >= 11 is 0. The van der Waals surface area contributed by atoms with Gasteiger partial charge >= 0.3 is 0 Å². The zero-order chi connectivity index (χ0) is 16.9. The average molecular weight is 354 g/mol. The van der Waals surface area contributed by atoms with E-state index in [0.29, 0.717) is 12.1 Å². The number of aliphatic imine (C=N–C) groups is 1. The molecule has 25 heavy (non-hydrogen) atoms. The van der Waals surface area contributed by atoms with Gasteiger partial charge in [-0.1, -0.05) is 30.3 Å². The molecule has 1 aromatic heterocycles. The Bertz CT molecular complexity index is 932. The Balaban J connectivity index is 0.00000225. The number of hydrogen-bond acceptors (Lipinski definition) is 2. The molecule has 128 valence electrons. The number of guanidine groups is 1. The van der Waals surface area contributed by atoms with E-state index in [1.165, 1.54) is 16.5 Å². The van der Waals surface area contributed by atoms with E-state index >= 15 is 0 Å². The van der Waals surface area contributed by atoms with Crippen LogP contribution in [0.1, 0.15) is 16.7 Å². The number of hydrogen-bond donors (Lipinski definition) is 2. The molecule has 0 amide bonds. The van der Waals surface area contributed by atoms with Crippen LogP contribution in [-0.4, -0.2) is 17.1 Å². The van der Waals surface area contributed by atoms with Crippen molar-refractivity contribution in [1.82, 2.24) is 4.57 Å². The molecule has 0 spiro atoms. The van der Waals surface area contributed by atoms with Crippen LogP contribution in [0.5, 0.6) is 0 Å². The Morgan fingerprint density at radius 3 is 2.68 bits per heavy atom. The van der Waals surface area contributed by atoms with Crippen LogP contribution in [0.4, 0.5) is 0 Å². The van der Waals surface area contributed by atoms with Crippen LogP contribution in [0.3, 0.4) is 0 Å². The summed E-state index contributed by atoms with van der Waals surface area (Å²) < 4.78 is 2.21. The van der Waals surface area contributed by atoms with Crippen LogP contribution in [0.25, 0.3) is 10.9 Å². The van der Waals surface area contributed by atoms with Crippen molar-refractivity contribution in [3.05, 3.63) is 71.4 Å². The smallest absolute Gasteiger partial charge is 0.185 e. The zero-order valence-electron chi connectivity index (χ0n) is 13.7. The SMILES string of the molecule is Cl.N#Cc1cccc(Cn2cc(CCN=C(N)N)c3ccccc32)c1. The molecule has 2 aromatic carbocycles. The van der Waals surface area contributed by atoms with E-state index in [9.17, 15) is 0 Å². The average Bonchev–Trinajstić information content (AvgIpc) is 2.93. The predicted molar refractivity (Wildman–Crippen MR) is 104 cm³/mol. The van der Waals surface area contributed by atoms with Crippen molar-refractivity contribution in [3.8, 4) is 6.07 Å². The Morgan fingerprint density at radius 2 is 1.92 bits per heavy atom. The second-order valence-corrected chi connectivity index (χ2v) is 5.67. The number of benzene rings is 2. The monoisotopic (exact) mass is 353 g/mol. The molecule has 3 rings (SSSR count). The van der Waals surface area contributed by atoms with Crippen molar-refractivity contribution in [1.29, 1.82) is 5.26 Å². The first-order valence-corrected chi connectivity index (χ1v) is 7.78. The molecule has 0 aliphatic carbocycles. The molecule has 4 N–H and O–H groups in total. The minimum Gasteiger partial charge on any atom is -0.370 e. The van der Waals surface area contributed by atoms with Crippen molar-refractivity contribution >= 4 is 29.3 Å². The van der Waals surface area contributed by atoms with E-state index in [2.05, 4.69) is 34.0 Å². The summed E-state index contributed by atoms with van der Waals surface area (Å²) in [6.07, 6.45) is 2.93. The van der Waals surface area contributed by atoms with Gasteiger partial charge in [-0.2, -0.15) is 5.26 Å². The molecule has 3 aromatic rings. The molecule has 0 fully saturated rings. The summed E-state index contributed by atoms with van der Waals surface area (Å²) in [4.78, 5) is 4.07. The number of para-hydroxylation sites is 1. The molecule has 0 radical (unpaired) electrons. The third-order valence-electron chi connectivity index (χ3n) is 3.96. The van der Waals surface area contributed by atoms with Gasteiger partial charge in [-0.05, 0) is 35.7 Å². The van der Waals surface area contributed by atoms with Gasteiger partial charge in [0.25, 0.3) is 0 Å². The van der Waals surface area contributed by atoms with Gasteiger partial charge in [-0.3, -0.25) is 4.99 Å². The van der Waals surface area contributed by atoms with E-state index in [0.717, 1.165) is 18.5 Å². The first-order valence-electron chi connectivity index (χ1n) is 7.78. The normalized spacial score (nSPS) is 10.0. The van der Waals surface area contributed by atoms with Gasteiger partial charge in [-0.25, -0.2) is 0 Å². The number of nitrogens with two attached hydrogens (primary N) is 2. The van der Waals surface area contributed by atoms with Gasteiger partial charge in [0, 0.05) is 30.2 Å². The maximum Gasteiger partial charge on any atom is 0.185 e. The molecular formula is C19H20ClN5. The van der Waals surface area contributed by atoms with Crippen LogP contribution >= 0.6 is 12.4 Å². The summed E-state index contributed by atoms with van der Waals surface area (Å²) in [6.45, 7) is 1.29. The Labute approximate surface area is 153 Å². The van der Waals surface area contributed by atoms with Crippen molar-refractivity contribution < 1.29 is 0 Å². The summed E-state index contributed by atoms with van der Waals surface area (Å²) in [6, 6.07) is 18.2. The number of halogens is 1. The van der Waals surface area contributed by atoms with Crippen LogP contribution in [0, 0.1) is 11.3 Å². The van der Waals surface area contributed by atoms with Crippen LogP contribution in [0.2, 0.25) is 0 Å². The van der Waals surface area contributed by atoms with Crippen LogP contribution in [-0.2, 0) is 13.0 Å². The lowest BCUT2D eigenvalue weighted by molar-refractivity contribution is 0.827. The number of aromatic nitrogens is 1. The summed E-state index contributed by atoms with van der Waals surface area (Å²) in [5.41, 5.74) is 15.0. The standard InChI is InChI=1S/C19H19N5.ClH/c20-11-14-4-3-5-15(10-14)12-24-13-16(8-9-23-19(21)22)17-6-1-2-7-18(17)24;/h1-7,10,13H,8-9,12H2,(H4,21,22,23);1H. The number of nitriles is 1. The second kappa shape index (κ2) is 8.22. The summed E-state index contributed by atoms with van der Waals surface area (Å²) in [5, 5.41) is 10.3. The highest BCUT2D eigenvalue weighted by Gasteiger charge is 2.08. The van der Waals surface area contributed by atoms with E-state index in [1.807, 2.05) is 36.4 Å². The van der Waals surface area contributed by atoms with Gasteiger partial charge < -0.3 is 16.0 Å². The number of fused-ring (bicyclic) bond motifs is 1. The highest BCUT2D eigenvalue weighted by molar-refractivity contribution is 5.85. The first kappa shape index (κ1) is 18.4. The molecule has 0 atom stereocenters. The minimum atomic E-state index is 0. The molecule has 1 heterocycles. The maximum atomic E-state index is 9.06. The Morgan fingerprint density at radius 1 is 1.12 bits per heavy atom. The quantitative estimate of drug-likeness (QED) is 0.545. The van der Waals surface area contributed by atoms with Gasteiger partial charge in [-0.15, -0.1) is 12.4 Å². The third-order valence-corrected chi connectivity index (χ3v) is 3.96. The maximum absolute atomic E-state index is 9.06. The number of nitrogens with zero attached hydrogens (tertiary/aromatic N) is 3. The van der Waals surface area contributed by atoms with E-state index in [1.54, 1.807) is 0 Å². The van der Waals surface area contributed by atoms with Crippen molar-refractivity contribution in [3.63, 3.8) is 0 Å². The fraction of sp³-hybridized carbons (Fsp3) is 0.158. The molecule has 0 saturated carbocycles. The fourth-order valence-electron chi connectivity index (χ4n) is 2.89. The highest BCUT2D eigenvalue weighted by atomic mass is 35.5. The zero-order valence-corrected chi connectivity index (χ0v) is 14.5. The lowest BCUT2D eigenvalue weighted by atomic mass is 10.1. The Hall–Kier alpha value is -2.97. The largest absolute Gasteiger partial charge is 0.370 e. The molecule has 6 heteroatoms. The molecule has 0 unspecified atom stereocenters. The second-order valence-electron chi connectivity index (χ2n) is 5.67. The molecule has 5 nitrogen and oxygen atoms in total. The lowest BCUT2D eigenvalue weighted by Crippen LogP contribution is -2.23. The minimum absolute atomic E-state index is 0. The Kier molecular flexibility index (Phi) is 6.04. The molecule has 0 aliphatic rings. The predicted octanol–water partition coefficient (Wildman–Crippen LogP) is 2.80. The molecule has 0 saturated heterocycles. The van der Waals surface area contributed by atoms with Crippen molar-refractivity contribution in [2.75, 3.05) is 6.54 Å². The van der Waals surface area contributed by atoms with Crippen molar-refractivity contribution in [2.45, 2.75) is 13.0 Å². The first-order chi connectivity index (χ1) is 11.7. The highest BCUT2D eigenvalue weighted by Crippen LogP contribution is 2.23. The fourth-order valence-corrected chi connectivity index (χ4v) is 2.89. The van der Waals surface area contributed by atoms with Crippen molar-refractivity contribution in [2.24, 2.45) is 16.5 Å². The molecule has 0 aliphatic heterocycles. The van der Waals surface area contributed by atoms with E-state index in [-0.39, 0.29) is 18.4 Å². The van der Waals surface area contributed by atoms with E-state index < -0.39 is 0 Å². The summed E-state index contributed by atoms with van der Waals surface area (Å²) in [7, 11) is 0. The van der Waals surface area contributed by atoms with Gasteiger partial charge in [0.1, 0.15) is 0 Å². The lowest BCUT2D eigenvalue weighted by Gasteiger charge is -2.05. The topological polar surface area (TPSA) is 93.1 Å². The van der Waals surface area contributed by atoms with Gasteiger partial charge in [0.05, 0.1) is 11.6 Å². The van der Waals surface area contributed by atoms with E-state index in [4.69, 9.17) is 16.7 Å². The van der Waals surface area contributed by atoms with Crippen LogP contribution in [0.15, 0.2) is 59.7 Å². The molecule has 0 bridgehead atoms. The van der Waals surface area contributed by atoms with Gasteiger partial charge in [0.15, 0.2) is 5.96 Å². The molecular weight excluding hydrogens is 334 g/mol. The van der Waals surface area contributed by atoms with Gasteiger partial charge in [0.2, 0.25) is 0 Å².